The van der Waals surface area contributed by atoms with Crippen LogP contribution in [0.3, 0.4) is 0 Å². The number of aromatic nitrogens is 3. The Bertz CT molecular complexity index is 932. The minimum Gasteiger partial charge on any atom is -0.485 e. The summed E-state index contributed by atoms with van der Waals surface area (Å²) in [5.74, 6) is 1.12. The molecule has 1 aromatic heterocycles. The third-order valence-corrected chi connectivity index (χ3v) is 4.77. The fraction of sp³-hybridized carbons (Fsp3) is 0.167. The number of ether oxygens (including phenoxy) is 1. The van der Waals surface area contributed by atoms with E-state index in [-0.39, 0.29) is 18.3 Å². The van der Waals surface area contributed by atoms with E-state index < -0.39 is 0 Å². The van der Waals surface area contributed by atoms with Gasteiger partial charge in [0.15, 0.2) is 5.82 Å². The number of carbonyl (C=O) groups excluding carboxylic acids is 1. The van der Waals surface area contributed by atoms with Gasteiger partial charge in [0.2, 0.25) is 5.16 Å². The van der Waals surface area contributed by atoms with Crippen LogP contribution < -0.4 is 9.75 Å². The maximum Gasteiger partial charge on any atom is 0.272 e. The predicted octanol–water partition coefficient (Wildman–Crippen LogP) is 2.88. The molecular weight excluding hydrogens is 355 g/mol. The van der Waals surface area contributed by atoms with Gasteiger partial charge in [-0.05, 0) is 24.3 Å². The molecule has 26 heavy (non-hydrogen) atoms. The maximum absolute atomic E-state index is 13.3. The zero-order valence-corrected chi connectivity index (χ0v) is 14.5. The van der Waals surface area contributed by atoms with Gasteiger partial charge < -0.3 is 4.74 Å². The summed E-state index contributed by atoms with van der Waals surface area (Å²) in [6.07, 6.45) is 0. The van der Waals surface area contributed by atoms with Crippen LogP contribution in [-0.4, -0.2) is 33.1 Å². The van der Waals surface area contributed by atoms with Crippen molar-refractivity contribution in [3.05, 3.63) is 71.8 Å². The van der Waals surface area contributed by atoms with Crippen molar-refractivity contribution in [2.75, 3.05) is 17.3 Å². The van der Waals surface area contributed by atoms with Gasteiger partial charge in [0.05, 0.1) is 6.54 Å². The molecule has 1 amide bonds. The molecule has 0 saturated heterocycles. The number of hydrogen-bond acceptors (Lipinski definition) is 5. The summed E-state index contributed by atoms with van der Waals surface area (Å²) < 4.78 is 20.6. The van der Waals surface area contributed by atoms with E-state index in [1.54, 1.807) is 34.0 Å². The fourth-order valence-electron chi connectivity index (χ4n) is 2.67. The van der Waals surface area contributed by atoms with E-state index in [4.69, 9.17) is 4.74 Å². The lowest BCUT2D eigenvalue weighted by Crippen LogP contribution is -2.45. The number of fused-ring (bicyclic) bond motifs is 1. The van der Waals surface area contributed by atoms with Gasteiger partial charge in [0.1, 0.15) is 18.2 Å². The highest BCUT2D eigenvalue weighted by molar-refractivity contribution is 7.99. The van der Waals surface area contributed by atoms with Crippen molar-refractivity contribution in [3.63, 3.8) is 0 Å². The molecule has 0 radical (unpaired) electrons. The second-order valence-corrected chi connectivity index (χ2v) is 6.66. The molecule has 8 heteroatoms. The molecule has 6 nitrogen and oxygen atoms in total. The van der Waals surface area contributed by atoms with Crippen molar-refractivity contribution >= 4 is 17.7 Å². The molecule has 3 aromatic rings. The molecule has 132 valence electrons. The standard InChI is InChI=1S/C18H15FN4O2S/c19-14-7-4-8-15(11-14)25-12-16-20-21-18-23(16)22(9-10-26-18)17(24)13-5-2-1-3-6-13/h1-8,11H,9-10,12H2. The average molecular weight is 370 g/mol. The van der Waals surface area contributed by atoms with Crippen molar-refractivity contribution in [3.8, 4) is 5.75 Å². The first-order chi connectivity index (χ1) is 12.7. The fourth-order valence-corrected chi connectivity index (χ4v) is 3.54. The Labute approximate surface area is 153 Å². The third kappa shape index (κ3) is 3.28. The molecule has 0 atom stereocenters. The Morgan fingerprint density at radius 3 is 2.81 bits per heavy atom. The van der Waals surface area contributed by atoms with Crippen molar-refractivity contribution < 1.29 is 13.9 Å². The van der Waals surface area contributed by atoms with Gasteiger partial charge in [-0.3, -0.25) is 4.79 Å². The van der Waals surface area contributed by atoms with Crippen LogP contribution in [0, 0.1) is 5.82 Å². The summed E-state index contributed by atoms with van der Waals surface area (Å²) >= 11 is 1.53. The van der Waals surface area contributed by atoms with Gasteiger partial charge in [-0.1, -0.05) is 36.0 Å². The number of halogens is 1. The van der Waals surface area contributed by atoms with Crippen molar-refractivity contribution in [2.45, 2.75) is 11.8 Å². The lowest BCUT2D eigenvalue weighted by Gasteiger charge is -2.29. The number of rotatable bonds is 4. The average Bonchev–Trinajstić information content (AvgIpc) is 3.10. The largest absolute Gasteiger partial charge is 0.485 e. The molecule has 0 saturated carbocycles. The summed E-state index contributed by atoms with van der Waals surface area (Å²) in [6, 6.07) is 15.0. The van der Waals surface area contributed by atoms with Crippen LogP contribution in [0.15, 0.2) is 59.8 Å². The van der Waals surface area contributed by atoms with Gasteiger partial charge in [0, 0.05) is 17.4 Å². The van der Waals surface area contributed by atoms with E-state index in [2.05, 4.69) is 10.2 Å². The number of hydrogen-bond donors (Lipinski definition) is 0. The maximum atomic E-state index is 13.3. The van der Waals surface area contributed by atoms with Crippen molar-refractivity contribution in [1.82, 2.24) is 14.9 Å². The summed E-state index contributed by atoms with van der Waals surface area (Å²) in [6.45, 7) is 0.617. The molecule has 0 N–H and O–H groups in total. The van der Waals surface area contributed by atoms with Crippen LogP contribution in [0.4, 0.5) is 4.39 Å². The zero-order valence-electron chi connectivity index (χ0n) is 13.7. The number of benzene rings is 2. The van der Waals surface area contributed by atoms with E-state index in [0.717, 1.165) is 5.75 Å². The monoisotopic (exact) mass is 370 g/mol. The Kier molecular flexibility index (Phi) is 4.57. The number of thioether (sulfide) groups is 1. The van der Waals surface area contributed by atoms with E-state index in [1.807, 2.05) is 18.2 Å². The molecule has 0 bridgehead atoms. The molecule has 0 fully saturated rings. The summed E-state index contributed by atoms with van der Waals surface area (Å²) in [5.41, 5.74) is 0.594. The molecule has 1 aliphatic rings. The Morgan fingerprint density at radius 2 is 2.00 bits per heavy atom. The van der Waals surface area contributed by atoms with Gasteiger partial charge in [0.25, 0.3) is 5.91 Å². The highest BCUT2D eigenvalue weighted by atomic mass is 32.2. The quantitative estimate of drug-likeness (QED) is 0.707. The number of nitrogens with zero attached hydrogens (tertiary/aromatic N) is 4. The van der Waals surface area contributed by atoms with Gasteiger partial charge in [-0.15, -0.1) is 10.2 Å². The summed E-state index contributed by atoms with van der Waals surface area (Å²) in [5, 5.41) is 10.5. The van der Waals surface area contributed by atoms with Crippen LogP contribution >= 0.6 is 11.8 Å². The smallest absolute Gasteiger partial charge is 0.272 e. The zero-order chi connectivity index (χ0) is 17.9. The highest BCUT2D eigenvalue weighted by Gasteiger charge is 2.28. The third-order valence-electron chi connectivity index (χ3n) is 3.87. The Hall–Kier alpha value is -2.87. The topological polar surface area (TPSA) is 60.3 Å². The summed E-state index contributed by atoms with van der Waals surface area (Å²) in [7, 11) is 0. The van der Waals surface area contributed by atoms with Crippen LogP contribution in [0.25, 0.3) is 0 Å². The normalized spacial score (nSPS) is 13.3. The second kappa shape index (κ2) is 7.17. The lowest BCUT2D eigenvalue weighted by molar-refractivity contribution is 0.0953. The van der Waals surface area contributed by atoms with Crippen LogP contribution in [-0.2, 0) is 6.61 Å². The first kappa shape index (κ1) is 16.6. The molecule has 2 heterocycles. The first-order valence-electron chi connectivity index (χ1n) is 8.05. The van der Waals surface area contributed by atoms with Gasteiger partial charge >= 0.3 is 0 Å². The van der Waals surface area contributed by atoms with Gasteiger partial charge in [-0.2, -0.15) is 0 Å². The molecule has 1 aliphatic heterocycles. The Morgan fingerprint density at radius 1 is 1.15 bits per heavy atom. The van der Waals surface area contributed by atoms with Gasteiger partial charge in [-0.25, -0.2) is 14.1 Å². The molecule has 0 spiro atoms. The highest BCUT2D eigenvalue weighted by Crippen LogP contribution is 2.24. The molecular formula is C18H15FN4O2S. The SMILES string of the molecule is O=C(c1ccccc1)N1CCSc2nnc(COc3cccc(F)c3)n21. The minimum absolute atomic E-state index is 0.0790. The first-order valence-corrected chi connectivity index (χ1v) is 9.03. The molecule has 0 aliphatic carbocycles. The van der Waals surface area contributed by atoms with Crippen LogP contribution in [0.2, 0.25) is 0 Å². The van der Waals surface area contributed by atoms with Crippen LogP contribution in [0.5, 0.6) is 5.75 Å². The lowest BCUT2D eigenvalue weighted by atomic mass is 10.2. The van der Waals surface area contributed by atoms with E-state index in [0.29, 0.717) is 28.8 Å². The predicted molar refractivity (Wildman–Crippen MR) is 95.3 cm³/mol. The molecule has 4 rings (SSSR count). The number of amides is 1. The van der Waals surface area contributed by atoms with Crippen LogP contribution in [0.1, 0.15) is 16.2 Å². The van der Waals surface area contributed by atoms with Crippen molar-refractivity contribution in [2.24, 2.45) is 0 Å². The van der Waals surface area contributed by atoms with E-state index in [9.17, 15) is 9.18 Å². The Balaban J connectivity index is 1.59. The second-order valence-electron chi connectivity index (χ2n) is 5.60. The molecule has 0 unspecified atom stereocenters. The van der Waals surface area contributed by atoms with E-state index in [1.165, 1.54) is 23.9 Å². The van der Waals surface area contributed by atoms with Crippen molar-refractivity contribution in [1.29, 1.82) is 0 Å². The molecule has 2 aromatic carbocycles. The summed E-state index contributed by atoms with van der Waals surface area (Å²) in [4.78, 5) is 12.9. The minimum atomic E-state index is -0.373. The number of carbonyl (C=O) groups is 1. The van der Waals surface area contributed by atoms with E-state index >= 15 is 0 Å².